The lowest BCUT2D eigenvalue weighted by Crippen LogP contribution is -2.01. The average molecular weight is 281 g/mol. The number of hydrogen-bond acceptors (Lipinski definition) is 5. The fourth-order valence-corrected chi connectivity index (χ4v) is 2.63. The van der Waals surface area contributed by atoms with E-state index < -0.39 is 9.84 Å². The van der Waals surface area contributed by atoms with E-state index in [-0.39, 0.29) is 4.90 Å². The van der Waals surface area contributed by atoms with Crippen molar-refractivity contribution in [1.29, 1.82) is 0 Å². The minimum absolute atomic E-state index is 0.154. The van der Waals surface area contributed by atoms with Gasteiger partial charge in [0.25, 0.3) is 0 Å². The lowest BCUT2D eigenvalue weighted by atomic mass is 10.1. The Morgan fingerprint density at radius 1 is 1.37 bits per heavy atom. The van der Waals surface area contributed by atoms with Gasteiger partial charge in [-0.15, -0.1) is 0 Å². The van der Waals surface area contributed by atoms with Crippen molar-refractivity contribution in [2.45, 2.75) is 4.90 Å². The first-order valence-corrected chi connectivity index (χ1v) is 7.39. The van der Waals surface area contributed by atoms with Crippen molar-refractivity contribution in [3.63, 3.8) is 0 Å². The van der Waals surface area contributed by atoms with Crippen molar-refractivity contribution in [2.24, 2.45) is 7.05 Å². The van der Waals surface area contributed by atoms with Gasteiger partial charge >= 0.3 is 0 Å². The van der Waals surface area contributed by atoms with Gasteiger partial charge in [-0.05, 0) is 17.7 Å². The molecule has 0 aliphatic heterocycles. The molecule has 19 heavy (non-hydrogen) atoms. The second-order valence-corrected chi connectivity index (χ2v) is 6.19. The van der Waals surface area contributed by atoms with Crippen LogP contribution in [0, 0.1) is 0 Å². The Morgan fingerprint density at radius 2 is 2.05 bits per heavy atom. The second kappa shape index (κ2) is 4.58. The van der Waals surface area contributed by atoms with Gasteiger partial charge in [-0.25, -0.2) is 8.42 Å². The molecule has 1 aromatic heterocycles. The van der Waals surface area contributed by atoms with E-state index in [0.29, 0.717) is 11.6 Å². The molecule has 0 amide bonds. The Bertz CT molecular complexity index is 720. The van der Waals surface area contributed by atoms with E-state index in [1.165, 1.54) is 13.2 Å². The predicted octanol–water partition coefficient (Wildman–Crippen LogP) is 1.08. The zero-order chi connectivity index (χ0) is 14.2. The summed E-state index contributed by atoms with van der Waals surface area (Å²) < 4.78 is 29.9. The number of aryl methyl sites for hydroxylation is 1. The van der Waals surface area contributed by atoms with E-state index in [0.717, 1.165) is 17.4 Å². The summed E-state index contributed by atoms with van der Waals surface area (Å²) in [5.41, 5.74) is 7.39. The number of aromatic nitrogens is 2. The van der Waals surface area contributed by atoms with Crippen LogP contribution in [0.25, 0.3) is 11.1 Å². The van der Waals surface area contributed by atoms with Crippen molar-refractivity contribution in [2.75, 3.05) is 19.1 Å². The van der Waals surface area contributed by atoms with Crippen molar-refractivity contribution in [3.05, 3.63) is 24.4 Å². The highest BCUT2D eigenvalue weighted by Crippen LogP contribution is 2.32. The first kappa shape index (κ1) is 13.4. The molecule has 1 aromatic carbocycles. The number of ether oxygens (including phenoxy) is 1. The van der Waals surface area contributed by atoms with Crippen LogP contribution in [0.15, 0.2) is 29.3 Å². The Hall–Kier alpha value is -2.02. The standard InChI is InChI=1S/C12H15N3O3S/c1-15-12(13)9(7-14-15)8-4-5-11(19(3,16)17)10(6-8)18-2/h4-7H,13H2,1-3H3. The van der Waals surface area contributed by atoms with E-state index in [9.17, 15) is 8.42 Å². The normalized spacial score (nSPS) is 11.5. The fraction of sp³-hybridized carbons (Fsp3) is 0.250. The molecule has 0 aliphatic carbocycles. The van der Waals surface area contributed by atoms with E-state index in [2.05, 4.69) is 5.10 Å². The smallest absolute Gasteiger partial charge is 0.179 e. The quantitative estimate of drug-likeness (QED) is 0.909. The number of nitrogen functional groups attached to an aromatic ring is 1. The van der Waals surface area contributed by atoms with Gasteiger partial charge in [0.15, 0.2) is 9.84 Å². The van der Waals surface area contributed by atoms with Crippen LogP contribution in [0.4, 0.5) is 5.82 Å². The third-order valence-electron chi connectivity index (χ3n) is 2.86. The number of nitrogens with zero attached hydrogens (tertiary/aromatic N) is 2. The van der Waals surface area contributed by atoms with Crippen molar-refractivity contribution in [1.82, 2.24) is 9.78 Å². The third-order valence-corrected chi connectivity index (χ3v) is 3.99. The molecule has 0 bridgehead atoms. The van der Waals surface area contributed by atoms with Crippen molar-refractivity contribution < 1.29 is 13.2 Å². The minimum atomic E-state index is -3.33. The largest absolute Gasteiger partial charge is 0.495 e. The molecule has 0 aliphatic rings. The van der Waals surface area contributed by atoms with E-state index in [4.69, 9.17) is 10.5 Å². The summed E-state index contributed by atoms with van der Waals surface area (Å²) in [6, 6.07) is 4.84. The maximum Gasteiger partial charge on any atom is 0.179 e. The summed E-state index contributed by atoms with van der Waals surface area (Å²) in [5.74, 6) is 0.803. The molecule has 0 spiro atoms. The Balaban J connectivity index is 2.60. The van der Waals surface area contributed by atoms with E-state index in [1.54, 1.807) is 30.1 Å². The lowest BCUT2D eigenvalue weighted by Gasteiger charge is -2.09. The fourth-order valence-electron chi connectivity index (χ4n) is 1.81. The molecule has 0 fully saturated rings. The van der Waals surface area contributed by atoms with Gasteiger partial charge < -0.3 is 10.5 Å². The number of hydrogen-bond donors (Lipinski definition) is 1. The second-order valence-electron chi connectivity index (χ2n) is 4.20. The highest BCUT2D eigenvalue weighted by molar-refractivity contribution is 7.90. The van der Waals surface area contributed by atoms with E-state index >= 15 is 0 Å². The maximum atomic E-state index is 11.6. The molecule has 0 saturated carbocycles. The van der Waals surface area contributed by atoms with Gasteiger partial charge in [-0.1, -0.05) is 6.07 Å². The zero-order valence-electron chi connectivity index (χ0n) is 10.9. The highest BCUT2D eigenvalue weighted by Gasteiger charge is 2.16. The van der Waals surface area contributed by atoms with Crippen LogP contribution in [0.1, 0.15) is 0 Å². The van der Waals surface area contributed by atoms with Crippen molar-refractivity contribution in [3.8, 4) is 16.9 Å². The molecule has 0 saturated heterocycles. The number of anilines is 1. The molecular formula is C12H15N3O3S. The van der Waals surface area contributed by atoms with Gasteiger partial charge in [-0.2, -0.15) is 5.10 Å². The first-order valence-electron chi connectivity index (χ1n) is 5.50. The summed E-state index contributed by atoms with van der Waals surface area (Å²) in [6.07, 6.45) is 2.77. The van der Waals surface area contributed by atoms with Crippen LogP contribution in [0.3, 0.4) is 0 Å². The number of methoxy groups -OCH3 is 1. The van der Waals surface area contributed by atoms with Gasteiger partial charge in [-0.3, -0.25) is 4.68 Å². The van der Waals surface area contributed by atoms with Crippen LogP contribution in [-0.4, -0.2) is 31.6 Å². The molecular weight excluding hydrogens is 266 g/mol. The monoisotopic (exact) mass is 281 g/mol. The first-order chi connectivity index (χ1) is 8.84. The van der Waals surface area contributed by atoms with E-state index in [1.807, 2.05) is 0 Å². The Labute approximate surface area is 111 Å². The number of rotatable bonds is 3. The molecule has 0 radical (unpaired) electrons. The third kappa shape index (κ3) is 2.41. The number of nitrogens with two attached hydrogens (primary N) is 1. The maximum absolute atomic E-state index is 11.6. The molecule has 2 rings (SSSR count). The average Bonchev–Trinajstić information content (AvgIpc) is 2.68. The molecule has 2 aromatic rings. The highest BCUT2D eigenvalue weighted by atomic mass is 32.2. The zero-order valence-corrected chi connectivity index (χ0v) is 11.7. The molecule has 7 heteroatoms. The van der Waals surface area contributed by atoms with Gasteiger partial charge in [0.05, 0.1) is 13.3 Å². The molecule has 6 nitrogen and oxygen atoms in total. The summed E-state index contributed by atoms with van der Waals surface area (Å²) in [7, 11) is -0.159. The SMILES string of the molecule is COc1cc(-c2cnn(C)c2N)ccc1S(C)(=O)=O. The van der Waals surface area contributed by atoms with Gasteiger partial charge in [0.2, 0.25) is 0 Å². The molecule has 0 unspecified atom stereocenters. The summed E-state index contributed by atoms with van der Waals surface area (Å²) in [6.45, 7) is 0. The summed E-state index contributed by atoms with van der Waals surface area (Å²) >= 11 is 0. The van der Waals surface area contributed by atoms with Gasteiger partial charge in [0, 0.05) is 18.9 Å². The molecule has 2 N–H and O–H groups in total. The Morgan fingerprint density at radius 3 is 2.53 bits per heavy atom. The van der Waals surface area contributed by atoms with Gasteiger partial charge in [0.1, 0.15) is 16.5 Å². The Kier molecular flexibility index (Phi) is 3.23. The van der Waals surface area contributed by atoms with Crippen LogP contribution in [-0.2, 0) is 16.9 Å². The molecule has 1 heterocycles. The van der Waals surface area contributed by atoms with Crippen LogP contribution < -0.4 is 10.5 Å². The number of sulfone groups is 1. The van der Waals surface area contributed by atoms with Crippen LogP contribution in [0.2, 0.25) is 0 Å². The summed E-state index contributed by atoms with van der Waals surface area (Å²) in [5, 5.41) is 4.05. The number of benzene rings is 1. The lowest BCUT2D eigenvalue weighted by molar-refractivity contribution is 0.403. The van der Waals surface area contributed by atoms with Crippen LogP contribution in [0.5, 0.6) is 5.75 Å². The predicted molar refractivity (Wildman–Crippen MR) is 72.7 cm³/mol. The summed E-state index contributed by atoms with van der Waals surface area (Å²) in [4.78, 5) is 0.154. The minimum Gasteiger partial charge on any atom is -0.495 e. The molecule has 102 valence electrons. The topological polar surface area (TPSA) is 87.2 Å². The van der Waals surface area contributed by atoms with Crippen LogP contribution >= 0.6 is 0 Å². The molecule has 0 atom stereocenters. The van der Waals surface area contributed by atoms with Crippen molar-refractivity contribution >= 4 is 15.7 Å².